The Balaban J connectivity index is 2.45. The summed E-state index contributed by atoms with van der Waals surface area (Å²) in [4.78, 5) is 0.189. The van der Waals surface area contributed by atoms with Crippen molar-refractivity contribution in [3.8, 4) is 0 Å². The van der Waals surface area contributed by atoms with E-state index in [4.69, 9.17) is 5.11 Å². The van der Waals surface area contributed by atoms with Crippen LogP contribution in [-0.4, -0.2) is 23.3 Å². The van der Waals surface area contributed by atoms with Crippen molar-refractivity contribution >= 4 is 11.8 Å². The lowest BCUT2D eigenvalue weighted by Gasteiger charge is -2.12. The van der Waals surface area contributed by atoms with Crippen molar-refractivity contribution in [1.29, 1.82) is 0 Å². The summed E-state index contributed by atoms with van der Waals surface area (Å²) in [5, 5.41) is 11.9. The number of halogens is 3. The van der Waals surface area contributed by atoms with E-state index >= 15 is 0 Å². The molecule has 0 bridgehead atoms. The number of aliphatic hydroxyl groups is 1. The Labute approximate surface area is 109 Å². The van der Waals surface area contributed by atoms with Gasteiger partial charge in [0.15, 0.2) is 0 Å². The average Bonchev–Trinajstić information content (AvgIpc) is 2.26. The Bertz CT molecular complexity index is 353. The smallest absolute Gasteiger partial charge is 0.396 e. The van der Waals surface area contributed by atoms with Crippen LogP contribution in [0.4, 0.5) is 13.2 Å². The molecule has 1 aromatic rings. The highest BCUT2D eigenvalue weighted by molar-refractivity contribution is 8.00. The fourth-order valence-electron chi connectivity index (χ4n) is 1.40. The molecule has 0 fully saturated rings. The average molecular weight is 279 g/mol. The molecule has 6 heteroatoms. The molecule has 0 aliphatic carbocycles. The molecule has 18 heavy (non-hydrogen) atoms. The maximum absolute atomic E-state index is 12.1. The molecule has 0 radical (unpaired) electrons. The third kappa shape index (κ3) is 6.28. The van der Waals surface area contributed by atoms with E-state index in [2.05, 4.69) is 5.32 Å². The van der Waals surface area contributed by atoms with Gasteiger partial charge in [0.25, 0.3) is 0 Å². The van der Waals surface area contributed by atoms with Crippen molar-refractivity contribution in [3.05, 3.63) is 29.8 Å². The van der Waals surface area contributed by atoms with Gasteiger partial charge in [0.2, 0.25) is 0 Å². The van der Waals surface area contributed by atoms with Crippen LogP contribution in [0.25, 0.3) is 0 Å². The fourth-order valence-corrected chi connectivity index (χ4v) is 1.94. The summed E-state index contributed by atoms with van der Waals surface area (Å²) < 4.78 is 36.3. The van der Waals surface area contributed by atoms with Gasteiger partial charge in [0.1, 0.15) is 0 Å². The monoisotopic (exact) mass is 279 g/mol. The molecule has 2 nitrogen and oxygen atoms in total. The Hall–Kier alpha value is -0.720. The molecule has 0 amide bonds. The topological polar surface area (TPSA) is 32.3 Å². The van der Waals surface area contributed by atoms with E-state index in [1.165, 1.54) is 12.1 Å². The van der Waals surface area contributed by atoms with Gasteiger partial charge in [-0.3, -0.25) is 0 Å². The first-order chi connectivity index (χ1) is 8.40. The summed E-state index contributed by atoms with van der Waals surface area (Å²) in [5.41, 5.74) is -3.32. The van der Waals surface area contributed by atoms with E-state index in [9.17, 15) is 13.2 Å². The van der Waals surface area contributed by atoms with Crippen molar-refractivity contribution in [2.75, 3.05) is 6.61 Å². The summed E-state index contributed by atoms with van der Waals surface area (Å²) in [6.07, 6.45) is 0.655. The molecule has 2 N–H and O–H groups in total. The second kappa shape index (κ2) is 7.01. The van der Waals surface area contributed by atoms with Crippen molar-refractivity contribution in [3.63, 3.8) is 0 Å². The Morgan fingerprint density at radius 2 is 1.89 bits per heavy atom. The van der Waals surface area contributed by atoms with Gasteiger partial charge in [-0.1, -0.05) is 12.1 Å². The van der Waals surface area contributed by atoms with Gasteiger partial charge in [-0.05, 0) is 42.8 Å². The zero-order chi connectivity index (χ0) is 13.6. The highest BCUT2D eigenvalue weighted by atomic mass is 32.2. The second-order valence-corrected chi connectivity index (χ2v) is 5.12. The van der Waals surface area contributed by atoms with Crippen LogP contribution in [0.2, 0.25) is 0 Å². The van der Waals surface area contributed by atoms with Crippen LogP contribution in [0, 0.1) is 0 Å². The number of nitrogens with one attached hydrogen (secondary N) is 1. The largest absolute Gasteiger partial charge is 0.446 e. The van der Waals surface area contributed by atoms with Gasteiger partial charge in [0, 0.05) is 24.1 Å². The number of alkyl halides is 3. The molecule has 0 saturated carbocycles. The first kappa shape index (κ1) is 15.3. The van der Waals surface area contributed by atoms with Gasteiger partial charge in [-0.25, -0.2) is 0 Å². The minimum absolute atomic E-state index is 0.112. The maximum atomic E-state index is 12.1. The van der Waals surface area contributed by atoms with Crippen molar-refractivity contribution in [2.24, 2.45) is 0 Å². The van der Waals surface area contributed by atoms with Crippen LogP contribution in [0.5, 0.6) is 0 Å². The van der Waals surface area contributed by atoms with E-state index in [0.717, 1.165) is 5.56 Å². The molecular weight excluding hydrogens is 263 g/mol. The van der Waals surface area contributed by atoms with E-state index in [-0.39, 0.29) is 29.3 Å². The maximum Gasteiger partial charge on any atom is 0.446 e. The van der Waals surface area contributed by atoms with Gasteiger partial charge in [0.05, 0.1) is 0 Å². The van der Waals surface area contributed by atoms with Crippen LogP contribution in [-0.2, 0) is 6.54 Å². The van der Waals surface area contributed by atoms with Crippen LogP contribution < -0.4 is 5.32 Å². The molecule has 1 atom stereocenters. The van der Waals surface area contributed by atoms with Crippen LogP contribution >= 0.6 is 11.8 Å². The second-order valence-electron chi connectivity index (χ2n) is 3.99. The first-order valence-corrected chi connectivity index (χ1v) is 6.41. The Morgan fingerprint density at radius 1 is 1.28 bits per heavy atom. The van der Waals surface area contributed by atoms with E-state index in [0.29, 0.717) is 13.0 Å². The third-order valence-electron chi connectivity index (χ3n) is 2.37. The minimum Gasteiger partial charge on any atom is -0.396 e. The lowest BCUT2D eigenvalue weighted by atomic mass is 10.2. The highest BCUT2D eigenvalue weighted by Crippen LogP contribution is 2.36. The van der Waals surface area contributed by atoms with Crippen LogP contribution in [0.3, 0.4) is 0 Å². The number of thioether (sulfide) groups is 1. The number of benzene rings is 1. The van der Waals surface area contributed by atoms with Gasteiger partial charge >= 0.3 is 5.51 Å². The molecule has 1 rings (SSSR count). The Kier molecular flexibility index (Phi) is 5.98. The lowest BCUT2D eigenvalue weighted by molar-refractivity contribution is -0.0328. The first-order valence-electron chi connectivity index (χ1n) is 5.59. The zero-order valence-electron chi connectivity index (χ0n) is 10.00. The van der Waals surface area contributed by atoms with Gasteiger partial charge in [-0.2, -0.15) is 13.2 Å². The summed E-state index contributed by atoms with van der Waals surface area (Å²) >= 11 is -0.112. The van der Waals surface area contributed by atoms with Gasteiger partial charge < -0.3 is 10.4 Å². The Morgan fingerprint density at radius 3 is 2.39 bits per heavy atom. The molecule has 0 aliphatic heterocycles. The molecule has 0 aliphatic rings. The SMILES string of the molecule is CC(CCO)NCc1ccc(SC(F)(F)F)cc1. The number of aliphatic hydroxyl groups excluding tert-OH is 1. The molecule has 0 saturated heterocycles. The standard InChI is InChI=1S/C12H16F3NOS/c1-9(6-7-17)16-8-10-2-4-11(5-3-10)18-12(13,14)15/h2-5,9,16-17H,6-8H2,1H3. The summed E-state index contributed by atoms with van der Waals surface area (Å²) in [6, 6.07) is 6.45. The predicted molar refractivity (Wildman–Crippen MR) is 66.4 cm³/mol. The molecule has 102 valence electrons. The molecule has 1 aromatic carbocycles. The number of hydrogen-bond acceptors (Lipinski definition) is 3. The van der Waals surface area contributed by atoms with E-state index in [1.54, 1.807) is 12.1 Å². The van der Waals surface area contributed by atoms with E-state index < -0.39 is 5.51 Å². The summed E-state index contributed by atoms with van der Waals surface area (Å²) in [5.74, 6) is 0. The predicted octanol–water partition coefficient (Wildman–Crippen LogP) is 3.16. The van der Waals surface area contributed by atoms with Gasteiger partial charge in [-0.15, -0.1) is 0 Å². The van der Waals surface area contributed by atoms with Crippen LogP contribution in [0.1, 0.15) is 18.9 Å². The molecule has 1 unspecified atom stereocenters. The van der Waals surface area contributed by atoms with Crippen molar-refractivity contribution in [1.82, 2.24) is 5.32 Å². The van der Waals surface area contributed by atoms with Crippen molar-refractivity contribution in [2.45, 2.75) is 36.3 Å². The summed E-state index contributed by atoms with van der Waals surface area (Å²) in [6.45, 7) is 2.65. The number of rotatable bonds is 6. The van der Waals surface area contributed by atoms with E-state index in [1.807, 2.05) is 6.92 Å². The lowest BCUT2D eigenvalue weighted by Crippen LogP contribution is -2.26. The summed E-state index contributed by atoms with van der Waals surface area (Å²) in [7, 11) is 0. The highest BCUT2D eigenvalue weighted by Gasteiger charge is 2.28. The fraction of sp³-hybridized carbons (Fsp3) is 0.500. The normalized spacial score (nSPS) is 13.6. The van der Waals surface area contributed by atoms with Crippen LogP contribution in [0.15, 0.2) is 29.2 Å². The zero-order valence-corrected chi connectivity index (χ0v) is 10.8. The molecule has 0 spiro atoms. The molecule has 0 heterocycles. The van der Waals surface area contributed by atoms with Crippen molar-refractivity contribution < 1.29 is 18.3 Å². The quantitative estimate of drug-likeness (QED) is 0.785. The minimum atomic E-state index is -4.24. The number of hydrogen-bond donors (Lipinski definition) is 2. The molecular formula is C12H16F3NOS. The third-order valence-corrected chi connectivity index (χ3v) is 3.11. The molecule has 0 aromatic heterocycles.